The molecule has 6 heteroatoms. The zero-order valence-electron chi connectivity index (χ0n) is 12.5. The van der Waals surface area contributed by atoms with E-state index in [1.54, 1.807) is 12.1 Å². The predicted molar refractivity (Wildman–Crippen MR) is 76.2 cm³/mol. The second-order valence-electron chi connectivity index (χ2n) is 5.13. The number of amidine groups is 1. The first kappa shape index (κ1) is 15.2. The van der Waals surface area contributed by atoms with Crippen LogP contribution in [0.25, 0.3) is 0 Å². The fourth-order valence-electron chi connectivity index (χ4n) is 2.56. The van der Waals surface area contributed by atoms with Crippen LogP contribution in [-0.4, -0.2) is 58.8 Å². The van der Waals surface area contributed by atoms with E-state index in [-0.39, 0.29) is 15.8 Å². The second kappa shape index (κ2) is 5.65. The SMILES string of the molecule is CC[N+]1(OC(=O)c2ccccc2C(=O)O)CC[N+](C)=C1C. The second-order valence-corrected chi connectivity index (χ2v) is 5.13. The molecule has 112 valence electrons. The molecule has 1 aliphatic heterocycles. The lowest BCUT2D eigenvalue weighted by molar-refractivity contribution is -1.01. The number of likely N-dealkylation sites (N-methyl/N-ethyl adjacent to an activating group) is 2. The highest BCUT2D eigenvalue weighted by Crippen LogP contribution is 2.19. The van der Waals surface area contributed by atoms with Gasteiger partial charge in [0.15, 0.2) is 6.54 Å². The molecule has 1 N–H and O–H groups in total. The smallest absolute Gasteiger partial charge is 0.399 e. The number of nitrogens with zero attached hydrogens (tertiary/aromatic N) is 2. The van der Waals surface area contributed by atoms with E-state index in [0.717, 1.165) is 12.4 Å². The third-order valence-electron chi connectivity index (χ3n) is 4.08. The standard InChI is InChI=1S/C15H19N2O4/c1-4-17(10-9-16(3)11(17)2)21-15(20)13-8-6-5-7-12(13)14(18)19/h5-8H,4,9-10H2,1-3H3/q+1/p+1. The Balaban J connectivity index is 2.32. The number of rotatable bonds is 4. The van der Waals surface area contributed by atoms with E-state index in [1.165, 1.54) is 12.1 Å². The van der Waals surface area contributed by atoms with Gasteiger partial charge >= 0.3 is 17.8 Å². The van der Waals surface area contributed by atoms with Gasteiger partial charge < -0.3 is 5.11 Å². The molecule has 1 aromatic rings. The third-order valence-corrected chi connectivity index (χ3v) is 4.08. The van der Waals surface area contributed by atoms with Crippen LogP contribution in [0.2, 0.25) is 0 Å². The minimum atomic E-state index is -1.13. The van der Waals surface area contributed by atoms with E-state index in [9.17, 15) is 9.59 Å². The Morgan fingerprint density at radius 1 is 1.33 bits per heavy atom. The van der Waals surface area contributed by atoms with Crippen molar-refractivity contribution in [3.8, 4) is 0 Å². The molecule has 0 aliphatic carbocycles. The average Bonchev–Trinajstić information content (AvgIpc) is 2.76. The van der Waals surface area contributed by atoms with Gasteiger partial charge in [-0.25, -0.2) is 9.59 Å². The third kappa shape index (κ3) is 2.67. The van der Waals surface area contributed by atoms with Crippen LogP contribution >= 0.6 is 0 Å². The molecule has 21 heavy (non-hydrogen) atoms. The maximum atomic E-state index is 12.4. The molecule has 2 rings (SSSR count). The van der Waals surface area contributed by atoms with Gasteiger partial charge in [-0.15, -0.1) is 0 Å². The highest BCUT2D eigenvalue weighted by Gasteiger charge is 2.47. The van der Waals surface area contributed by atoms with Crippen molar-refractivity contribution < 1.29 is 28.8 Å². The van der Waals surface area contributed by atoms with E-state index >= 15 is 0 Å². The molecule has 1 aliphatic rings. The van der Waals surface area contributed by atoms with Crippen molar-refractivity contribution >= 4 is 17.8 Å². The Labute approximate surface area is 123 Å². The minimum Gasteiger partial charge on any atom is -0.478 e. The van der Waals surface area contributed by atoms with Crippen molar-refractivity contribution in [2.45, 2.75) is 13.8 Å². The van der Waals surface area contributed by atoms with Gasteiger partial charge in [0.2, 0.25) is 6.54 Å². The van der Waals surface area contributed by atoms with Crippen molar-refractivity contribution in [2.75, 3.05) is 26.7 Å². The lowest BCUT2D eigenvalue weighted by Crippen LogP contribution is -2.51. The molecule has 1 heterocycles. The molecular weight excluding hydrogens is 272 g/mol. The molecule has 0 aromatic heterocycles. The number of benzene rings is 1. The number of aromatic carboxylic acids is 1. The summed E-state index contributed by atoms with van der Waals surface area (Å²) < 4.78 is 2.16. The number of hydrogen-bond donors (Lipinski definition) is 1. The average molecular weight is 292 g/mol. The van der Waals surface area contributed by atoms with Crippen LogP contribution in [0.3, 0.4) is 0 Å². The number of hydroxylamine groups is 3. The molecule has 0 bridgehead atoms. The summed E-state index contributed by atoms with van der Waals surface area (Å²) in [6, 6.07) is 6.10. The van der Waals surface area contributed by atoms with Crippen molar-refractivity contribution in [1.82, 2.24) is 0 Å². The molecule has 1 unspecified atom stereocenters. The summed E-state index contributed by atoms with van der Waals surface area (Å²) in [5.41, 5.74) is 0.0419. The Morgan fingerprint density at radius 3 is 2.43 bits per heavy atom. The Hall–Kier alpha value is -2.21. The van der Waals surface area contributed by atoms with Crippen molar-refractivity contribution in [2.24, 2.45) is 0 Å². The number of carboxylic acids is 1. The van der Waals surface area contributed by atoms with Crippen LogP contribution < -0.4 is 0 Å². The van der Waals surface area contributed by atoms with Crippen LogP contribution in [0.1, 0.15) is 34.6 Å². The largest absolute Gasteiger partial charge is 0.478 e. The van der Waals surface area contributed by atoms with Gasteiger partial charge in [-0.2, -0.15) is 4.58 Å². The summed E-state index contributed by atoms with van der Waals surface area (Å²) in [6.45, 7) is 5.94. The predicted octanol–water partition coefficient (Wildman–Crippen LogP) is 1.37. The zero-order chi connectivity index (χ0) is 15.6. The zero-order valence-corrected chi connectivity index (χ0v) is 12.5. The van der Waals surface area contributed by atoms with Gasteiger partial charge in [-0.1, -0.05) is 12.1 Å². The summed E-state index contributed by atoms with van der Waals surface area (Å²) in [4.78, 5) is 29.3. The van der Waals surface area contributed by atoms with Crippen molar-refractivity contribution in [3.05, 3.63) is 35.4 Å². The van der Waals surface area contributed by atoms with E-state index < -0.39 is 11.9 Å². The number of carbonyl (C=O) groups is 2. The summed E-state index contributed by atoms with van der Waals surface area (Å²) in [7, 11) is 1.95. The normalized spacial score (nSPS) is 21.5. The van der Waals surface area contributed by atoms with Crippen LogP contribution in [0, 0.1) is 0 Å². The van der Waals surface area contributed by atoms with Gasteiger partial charge in [0.05, 0.1) is 18.1 Å². The first-order valence-electron chi connectivity index (χ1n) is 6.90. The Kier molecular flexibility index (Phi) is 4.09. The molecule has 1 aromatic carbocycles. The van der Waals surface area contributed by atoms with Gasteiger partial charge in [0.1, 0.15) is 13.6 Å². The summed E-state index contributed by atoms with van der Waals surface area (Å²) in [6.07, 6.45) is 0. The number of carboxylic acid groups (broad SMARTS) is 1. The van der Waals surface area contributed by atoms with Crippen molar-refractivity contribution in [3.63, 3.8) is 0 Å². The van der Waals surface area contributed by atoms with Crippen LogP contribution in [0.15, 0.2) is 24.3 Å². The topological polar surface area (TPSA) is 66.6 Å². The Morgan fingerprint density at radius 2 is 1.95 bits per heavy atom. The molecule has 0 saturated carbocycles. The summed E-state index contributed by atoms with van der Waals surface area (Å²) in [5, 5.41) is 9.16. The molecule has 0 radical (unpaired) electrons. The number of quaternary nitrogens is 1. The van der Waals surface area contributed by atoms with E-state index in [2.05, 4.69) is 0 Å². The van der Waals surface area contributed by atoms with E-state index in [4.69, 9.17) is 9.94 Å². The van der Waals surface area contributed by atoms with E-state index in [0.29, 0.717) is 13.1 Å². The molecular formula is C15H20N2O4+2. The fourth-order valence-corrected chi connectivity index (χ4v) is 2.56. The van der Waals surface area contributed by atoms with Gasteiger partial charge in [-0.05, 0) is 23.7 Å². The molecule has 1 atom stereocenters. The first-order valence-corrected chi connectivity index (χ1v) is 6.90. The lowest BCUT2D eigenvalue weighted by Gasteiger charge is -2.24. The lowest BCUT2D eigenvalue weighted by atomic mass is 10.1. The number of hydrogen-bond acceptors (Lipinski definition) is 3. The maximum Gasteiger partial charge on any atom is 0.399 e. The Bertz CT molecular complexity index is 624. The van der Waals surface area contributed by atoms with Crippen LogP contribution in [0.5, 0.6) is 0 Å². The molecule has 0 spiro atoms. The summed E-state index contributed by atoms with van der Waals surface area (Å²) >= 11 is 0. The summed E-state index contributed by atoms with van der Waals surface area (Å²) in [5.74, 6) is -0.798. The fraction of sp³-hybridized carbons (Fsp3) is 0.400. The van der Waals surface area contributed by atoms with Crippen LogP contribution in [0.4, 0.5) is 0 Å². The van der Waals surface area contributed by atoms with Crippen molar-refractivity contribution in [1.29, 1.82) is 0 Å². The molecule has 0 amide bonds. The quantitative estimate of drug-likeness (QED) is 0.672. The first-order chi connectivity index (χ1) is 9.91. The molecule has 0 saturated heterocycles. The van der Waals surface area contributed by atoms with Gasteiger partial charge in [0, 0.05) is 0 Å². The monoisotopic (exact) mass is 292 g/mol. The highest BCUT2D eigenvalue weighted by molar-refractivity contribution is 6.02. The van der Waals surface area contributed by atoms with E-state index in [1.807, 2.05) is 25.5 Å². The van der Waals surface area contributed by atoms with Gasteiger partial charge in [-0.3, -0.25) is 4.84 Å². The van der Waals surface area contributed by atoms with Gasteiger partial charge in [0.25, 0.3) is 0 Å². The maximum absolute atomic E-state index is 12.4. The molecule has 0 fully saturated rings. The minimum absolute atomic E-state index is 0.0399. The van der Waals surface area contributed by atoms with Crippen LogP contribution in [-0.2, 0) is 4.84 Å². The number of carbonyl (C=O) groups excluding carboxylic acids is 1. The highest BCUT2D eigenvalue weighted by atomic mass is 16.7. The molecule has 6 nitrogen and oxygen atoms in total.